The quantitative estimate of drug-likeness (QED) is 0.861. The lowest BCUT2D eigenvalue weighted by Gasteiger charge is -2.08. The normalized spacial score (nSPS) is 21.5. The molecule has 2 N–H and O–H groups in total. The SMILES string of the molecule is Cc1n[nH]c(C)c1NC(=O)CSC1CCS(=O)(=O)C1. The van der Waals surface area contributed by atoms with Gasteiger partial charge in [0.2, 0.25) is 5.91 Å². The Morgan fingerprint density at radius 2 is 2.26 bits per heavy atom. The van der Waals surface area contributed by atoms with E-state index in [-0.39, 0.29) is 28.4 Å². The second kappa shape index (κ2) is 5.54. The molecule has 0 aliphatic carbocycles. The van der Waals surface area contributed by atoms with Gasteiger partial charge in [-0.05, 0) is 20.3 Å². The summed E-state index contributed by atoms with van der Waals surface area (Å²) in [5.74, 6) is 0.576. The number of sulfone groups is 1. The van der Waals surface area contributed by atoms with E-state index in [9.17, 15) is 13.2 Å². The second-order valence-corrected chi connectivity index (χ2v) is 8.21. The predicted molar refractivity (Wildman–Crippen MR) is 76.2 cm³/mol. The van der Waals surface area contributed by atoms with Gasteiger partial charge in [0.25, 0.3) is 0 Å². The number of anilines is 1. The van der Waals surface area contributed by atoms with Crippen molar-refractivity contribution in [2.24, 2.45) is 0 Å². The number of rotatable bonds is 4. The van der Waals surface area contributed by atoms with Crippen LogP contribution in [-0.2, 0) is 14.6 Å². The first-order valence-corrected chi connectivity index (χ1v) is 8.88. The molecule has 1 saturated heterocycles. The summed E-state index contributed by atoms with van der Waals surface area (Å²) in [6, 6.07) is 0. The summed E-state index contributed by atoms with van der Waals surface area (Å²) in [6.45, 7) is 3.65. The van der Waals surface area contributed by atoms with Crippen LogP contribution in [0, 0.1) is 13.8 Å². The maximum Gasteiger partial charge on any atom is 0.234 e. The molecule has 2 rings (SSSR count). The monoisotopic (exact) mass is 303 g/mol. The summed E-state index contributed by atoms with van der Waals surface area (Å²) >= 11 is 1.41. The Balaban J connectivity index is 1.83. The number of nitrogens with one attached hydrogen (secondary N) is 2. The zero-order chi connectivity index (χ0) is 14.0. The van der Waals surface area contributed by atoms with Crippen molar-refractivity contribution in [1.29, 1.82) is 0 Å². The lowest BCUT2D eigenvalue weighted by Crippen LogP contribution is -2.17. The van der Waals surface area contributed by atoms with Crippen LogP contribution >= 0.6 is 11.8 Å². The summed E-state index contributed by atoms with van der Waals surface area (Å²) in [5, 5.41) is 9.64. The first-order chi connectivity index (χ1) is 8.87. The van der Waals surface area contributed by atoms with E-state index >= 15 is 0 Å². The van der Waals surface area contributed by atoms with Gasteiger partial charge in [0.05, 0.1) is 34.3 Å². The van der Waals surface area contributed by atoms with Gasteiger partial charge in [0.15, 0.2) is 9.84 Å². The molecule has 1 unspecified atom stereocenters. The van der Waals surface area contributed by atoms with Crippen LogP contribution in [0.4, 0.5) is 5.69 Å². The highest BCUT2D eigenvalue weighted by atomic mass is 32.2. The van der Waals surface area contributed by atoms with E-state index in [0.29, 0.717) is 12.1 Å². The van der Waals surface area contributed by atoms with Gasteiger partial charge in [0, 0.05) is 5.25 Å². The number of thioether (sulfide) groups is 1. The van der Waals surface area contributed by atoms with Gasteiger partial charge in [-0.3, -0.25) is 9.89 Å². The fraction of sp³-hybridized carbons (Fsp3) is 0.636. The molecule has 0 spiro atoms. The number of carbonyl (C=O) groups is 1. The standard InChI is InChI=1S/C11H17N3O3S2/c1-7-11(8(2)14-13-7)12-10(15)5-18-9-3-4-19(16,17)6-9/h9H,3-6H2,1-2H3,(H,12,15)(H,13,14). The third-order valence-corrected chi connectivity index (χ3v) is 6.31. The van der Waals surface area contributed by atoms with Crippen LogP contribution in [0.15, 0.2) is 0 Å². The first kappa shape index (κ1) is 14.4. The molecule has 0 radical (unpaired) electrons. The van der Waals surface area contributed by atoms with Gasteiger partial charge in [-0.25, -0.2) is 8.42 Å². The molecule has 8 heteroatoms. The molecule has 0 saturated carbocycles. The summed E-state index contributed by atoms with van der Waals surface area (Å²) in [5.41, 5.74) is 2.28. The van der Waals surface area contributed by atoms with Gasteiger partial charge in [0.1, 0.15) is 0 Å². The van der Waals surface area contributed by atoms with Crippen LogP contribution in [0.2, 0.25) is 0 Å². The van der Waals surface area contributed by atoms with Crippen molar-refractivity contribution in [3.8, 4) is 0 Å². The number of H-pyrrole nitrogens is 1. The zero-order valence-corrected chi connectivity index (χ0v) is 12.5. The lowest BCUT2D eigenvalue weighted by atomic mass is 10.3. The van der Waals surface area contributed by atoms with Crippen LogP contribution in [-0.4, -0.2) is 47.0 Å². The Morgan fingerprint density at radius 1 is 1.53 bits per heavy atom. The minimum atomic E-state index is -2.87. The molecule has 1 amide bonds. The fourth-order valence-corrected chi connectivity index (χ4v) is 5.44. The number of hydrogen-bond donors (Lipinski definition) is 2. The molecule has 2 heterocycles. The predicted octanol–water partition coefficient (Wildman–Crippen LogP) is 0.885. The van der Waals surface area contributed by atoms with Crippen molar-refractivity contribution < 1.29 is 13.2 Å². The Hall–Kier alpha value is -1.02. The number of aryl methyl sites for hydroxylation is 2. The second-order valence-electron chi connectivity index (χ2n) is 4.69. The molecule has 19 heavy (non-hydrogen) atoms. The molecule has 0 aromatic carbocycles. The average Bonchev–Trinajstić information content (AvgIpc) is 2.83. The molecule has 1 fully saturated rings. The average molecular weight is 303 g/mol. The van der Waals surface area contributed by atoms with Gasteiger partial charge in [-0.1, -0.05) is 0 Å². The summed E-state index contributed by atoms with van der Waals surface area (Å²) in [4.78, 5) is 11.8. The van der Waals surface area contributed by atoms with Crippen LogP contribution in [0.5, 0.6) is 0 Å². The smallest absolute Gasteiger partial charge is 0.234 e. The van der Waals surface area contributed by atoms with E-state index in [2.05, 4.69) is 15.5 Å². The number of carbonyl (C=O) groups excluding carboxylic acids is 1. The summed E-state index contributed by atoms with van der Waals surface area (Å²) in [6.07, 6.45) is 0.643. The van der Waals surface area contributed by atoms with Crippen molar-refractivity contribution in [3.63, 3.8) is 0 Å². The molecule has 1 aliphatic rings. The largest absolute Gasteiger partial charge is 0.322 e. The molecule has 106 valence electrons. The highest BCUT2D eigenvalue weighted by Crippen LogP contribution is 2.24. The number of aromatic nitrogens is 2. The highest BCUT2D eigenvalue weighted by Gasteiger charge is 2.28. The van der Waals surface area contributed by atoms with Gasteiger partial charge >= 0.3 is 0 Å². The maximum atomic E-state index is 11.8. The molecular formula is C11H17N3O3S2. The van der Waals surface area contributed by atoms with E-state index in [1.54, 1.807) is 0 Å². The lowest BCUT2D eigenvalue weighted by molar-refractivity contribution is -0.113. The minimum absolute atomic E-state index is 0.0438. The number of hydrogen-bond acceptors (Lipinski definition) is 5. The van der Waals surface area contributed by atoms with Crippen LogP contribution in [0.25, 0.3) is 0 Å². The molecule has 1 aromatic heterocycles. The van der Waals surface area contributed by atoms with Crippen molar-refractivity contribution in [2.45, 2.75) is 25.5 Å². The topological polar surface area (TPSA) is 91.9 Å². The number of amides is 1. The van der Waals surface area contributed by atoms with Crippen LogP contribution in [0.3, 0.4) is 0 Å². The molecular weight excluding hydrogens is 286 g/mol. The maximum absolute atomic E-state index is 11.8. The van der Waals surface area contributed by atoms with E-state index in [1.165, 1.54) is 11.8 Å². The van der Waals surface area contributed by atoms with E-state index < -0.39 is 9.84 Å². The van der Waals surface area contributed by atoms with Crippen LogP contribution in [0.1, 0.15) is 17.8 Å². The van der Waals surface area contributed by atoms with Crippen LogP contribution < -0.4 is 5.32 Å². The van der Waals surface area contributed by atoms with Gasteiger partial charge < -0.3 is 5.32 Å². The number of aromatic amines is 1. The summed E-state index contributed by atoms with van der Waals surface area (Å²) in [7, 11) is -2.87. The van der Waals surface area contributed by atoms with Crippen molar-refractivity contribution in [3.05, 3.63) is 11.4 Å². The third kappa shape index (κ3) is 3.73. The first-order valence-electron chi connectivity index (χ1n) is 6.01. The van der Waals surface area contributed by atoms with E-state index in [0.717, 1.165) is 11.4 Å². The Labute approximate surface area is 116 Å². The summed E-state index contributed by atoms with van der Waals surface area (Å²) < 4.78 is 22.6. The Bertz CT molecular complexity index is 561. The van der Waals surface area contributed by atoms with E-state index in [4.69, 9.17) is 0 Å². The van der Waals surface area contributed by atoms with Crippen molar-refractivity contribution >= 4 is 33.2 Å². The molecule has 6 nitrogen and oxygen atoms in total. The Morgan fingerprint density at radius 3 is 2.79 bits per heavy atom. The molecule has 1 aromatic rings. The highest BCUT2D eigenvalue weighted by molar-refractivity contribution is 8.02. The minimum Gasteiger partial charge on any atom is -0.322 e. The van der Waals surface area contributed by atoms with Crippen molar-refractivity contribution in [1.82, 2.24) is 10.2 Å². The fourth-order valence-electron chi connectivity index (χ4n) is 2.00. The van der Waals surface area contributed by atoms with E-state index in [1.807, 2.05) is 13.8 Å². The molecule has 0 bridgehead atoms. The zero-order valence-electron chi connectivity index (χ0n) is 10.9. The molecule has 1 atom stereocenters. The van der Waals surface area contributed by atoms with Crippen molar-refractivity contribution in [2.75, 3.05) is 22.6 Å². The molecule has 1 aliphatic heterocycles. The third-order valence-electron chi connectivity index (χ3n) is 3.03. The van der Waals surface area contributed by atoms with Gasteiger partial charge in [-0.2, -0.15) is 5.10 Å². The number of nitrogens with zero attached hydrogens (tertiary/aromatic N) is 1. The van der Waals surface area contributed by atoms with Gasteiger partial charge in [-0.15, -0.1) is 11.8 Å². The Kier molecular flexibility index (Phi) is 4.19.